The molecular formula is C10H19B. The van der Waals surface area contributed by atoms with Crippen molar-refractivity contribution < 1.29 is 0 Å². The van der Waals surface area contributed by atoms with Crippen LogP contribution in [0.3, 0.4) is 0 Å². The van der Waals surface area contributed by atoms with Crippen molar-refractivity contribution in [2.45, 2.75) is 40.3 Å². The molecule has 0 spiro atoms. The van der Waals surface area contributed by atoms with E-state index in [1.807, 2.05) is 0 Å². The number of rotatable bonds is 1. The Balaban J connectivity index is 2.79. The van der Waals surface area contributed by atoms with Gasteiger partial charge in [0.1, 0.15) is 0 Å². The lowest BCUT2D eigenvalue weighted by Gasteiger charge is -2.35. The molecule has 0 amide bonds. The molecule has 1 heterocycles. The maximum Gasteiger partial charge on any atom is 0.166 e. The van der Waals surface area contributed by atoms with E-state index in [0.717, 1.165) is 6.71 Å². The largest absolute Gasteiger partial charge is 0.166 e. The molecule has 1 aliphatic heterocycles. The van der Waals surface area contributed by atoms with Gasteiger partial charge in [-0.15, -0.1) is 12.6 Å². The first kappa shape index (κ1) is 8.90. The minimum absolute atomic E-state index is 0.492. The van der Waals surface area contributed by atoms with Crippen molar-refractivity contribution in [2.75, 3.05) is 0 Å². The molecule has 11 heavy (non-hydrogen) atoms. The summed E-state index contributed by atoms with van der Waals surface area (Å²) in [4.78, 5) is 0. The lowest BCUT2D eigenvalue weighted by atomic mass is 9.47. The van der Waals surface area contributed by atoms with E-state index >= 15 is 0 Å². The zero-order chi connectivity index (χ0) is 8.70. The Labute approximate surface area is 71.2 Å². The van der Waals surface area contributed by atoms with Crippen molar-refractivity contribution in [3.63, 3.8) is 0 Å². The van der Waals surface area contributed by atoms with Crippen LogP contribution in [0.5, 0.6) is 0 Å². The fraction of sp³-hybridized carbons (Fsp3) is 0.800. The van der Waals surface area contributed by atoms with E-state index in [1.165, 1.54) is 12.6 Å². The smallest absolute Gasteiger partial charge is 0.122 e. The zero-order valence-electron chi connectivity index (χ0n) is 8.28. The summed E-state index contributed by atoms with van der Waals surface area (Å²) in [5.74, 6) is 2.12. The lowest BCUT2D eigenvalue weighted by molar-refractivity contribution is 0.177. The molecule has 0 aromatic rings. The summed E-state index contributed by atoms with van der Waals surface area (Å²) in [5.41, 5.74) is 0.984. The van der Waals surface area contributed by atoms with E-state index < -0.39 is 0 Å². The summed E-state index contributed by atoms with van der Waals surface area (Å²) in [6.45, 7) is 14.1. The molecule has 1 aliphatic rings. The third-order valence-corrected chi connectivity index (χ3v) is 3.71. The average Bonchev–Trinajstić information content (AvgIpc) is 2.03. The Morgan fingerprint density at radius 2 is 1.45 bits per heavy atom. The van der Waals surface area contributed by atoms with Gasteiger partial charge in [0.25, 0.3) is 0 Å². The van der Waals surface area contributed by atoms with Gasteiger partial charge in [-0.25, -0.2) is 0 Å². The third-order valence-electron chi connectivity index (χ3n) is 3.71. The van der Waals surface area contributed by atoms with Crippen LogP contribution in [-0.4, -0.2) is 6.71 Å². The maximum absolute atomic E-state index is 3.87. The first-order valence-corrected chi connectivity index (χ1v) is 4.52. The standard InChI is InChI=1S/C10H19B/c1-6-11-7-9(2,3)10(4,5)8-11/h6H,1,7-8H2,2-5H3. The van der Waals surface area contributed by atoms with Crippen LogP contribution in [0.1, 0.15) is 27.7 Å². The van der Waals surface area contributed by atoms with Gasteiger partial charge < -0.3 is 0 Å². The first-order valence-electron chi connectivity index (χ1n) is 4.52. The molecule has 0 aromatic carbocycles. The highest BCUT2D eigenvalue weighted by atomic mass is 14.4. The summed E-state index contributed by atoms with van der Waals surface area (Å²) in [6, 6.07) is 0. The molecule has 0 aromatic heterocycles. The average molecular weight is 150 g/mol. The summed E-state index contributed by atoms with van der Waals surface area (Å²) in [5, 5.41) is 0. The first-order chi connectivity index (χ1) is 4.89. The summed E-state index contributed by atoms with van der Waals surface area (Å²) in [6.07, 6.45) is 2.62. The van der Waals surface area contributed by atoms with E-state index in [-0.39, 0.29) is 0 Å². The van der Waals surface area contributed by atoms with E-state index in [9.17, 15) is 0 Å². The Kier molecular flexibility index (Phi) is 1.94. The van der Waals surface area contributed by atoms with E-state index in [1.54, 1.807) is 0 Å². The van der Waals surface area contributed by atoms with Gasteiger partial charge in [-0.1, -0.05) is 40.3 Å². The lowest BCUT2D eigenvalue weighted by Crippen LogP contribution is -2.24. The topological polar surface area (TPSA) is 0 Å². The van der Waals surface area contributed by atoms with Gasteiger partial charge in [0.2, 0.25) is 0 Å². The van der Waals surface area contributed by atoms with Gasteiger partial charge in [0.15, 0.2) is 6.71 Å². The molecule has 1 fully saturated rings. The van der Waals surface area contributed by atoms with E-state index in [2.05, 4.69) is 40.2 Å². The highest BCUT2D eigenvalue weighted by molar-refractivity contribution is 6.65. The molecule has 0 atom stereocenters. The second kappa shape index (κ2) is 2.40. The van der Waals surface area contributed by atoms with Gasteiger partial charge in [0, 0.05) is 0 Å². The predicted molar refractivity (Wildman–Crippen MR) is 53.1 cm³/mol. The third kappa shape index (κ3) is 1.38. The second-order valence-electron chi connectivity index (χ2n) is 5.17. The van der Waals surface area contributed by atoms with Crippen LogP contribution in [0.4, 0.5) is 0 Å². The van der Waals surface area contributed by atoms with Crippen LogP contribution < -0.4 is 0 Å². The van der Waals surface area contributed by atoms with Crippen LogP contribution >= 0.6 is 0 Å². The number of hydrogen-bond donors (Lipinski definition) is 0. The van der Waals surface area contributed by atoms with Crippen molar-refractivity contribution in [3.05, 3.63) is 12.6 Å². The molecule has 1 heteroatoms. The van der Waals surface area contributed by atoms with Crippen LogP contribution in [0.2, 0.25) is 12.6 Å². The molecular weight excluding hydrogens is 131 g/mol. The Hall–Kier alpha value is -0.195. The second-order valence-corrected chi connectivity index (χ2v) is 5.17. The molecule has 0 radical (unpaired) electrons. The molecule has 0 aliphatic carbocycles. The SMILES string of the molecule is C=CB1CC(C)(C)C(C)(C)C1. The van der Waals surface area contributed by atoms with Crippen molar-refractivity contribution >= 4 is 6.71 Å². The van der Waals surface area contributed by atoms with Gasteiger partial charge >= 0.3 is 0 Å². The Bertz CT molecular complexity index is 152. The molecule has 0 nitrogen and oxygen atoms in total. The molecule has 0 bridgehead atoms. The molecule has 62 valence electrons. The zero-order valence-corrected chi connectivity index (χ0v) is 8.28. The van der Waals surface area contributed by atoms with Crippen molar-refractivity contribution in [3.8, 4) is 0 Å². The van der Waals surface area contributed by atoms with Crippen LogP contribution in [-0.2, 0) is 0 Å². The van der Waals surface area contributed by atoms with Gasteiger partial charge in [-0.2, -0.15) is 0 Å². The molecule has 1 rings (SSSR count). The Morgan fingerprint density at radius 3 is 1.64 bits per heavy atom. The minimum Gasteiger partial charge on any atom is -0.122 e. The van der Waals surface area contributed by atoms with Crippen LogP contribution in [0.25, 0.3) is 0 Å². The highest BCUT2D eigenvalue weighted by Crippen LogP contribution is 2.52. The minimum atomic E-state index is 0.492. The quantitative estimate of drug-likeness (QED) is 0.503. The van der Waals surface area contributed by atoms with Crippen molar-refractivity contribution in [2.24, 2.45) is 10.8 Å². The maximum atomic E-state index is 3.87. The fourth-order valence-corrected chi connectivity index (χ4v) is 2.10. The monoisotopic (exact) mass is 150 g/mol. The van der Waals surface area contributed by atoms with Crippen molar-refractivity contribution in [1.29, 1.82) is 0 Å². The number of hydrogen-bond acceptors (Lipinski definition) is 0. The summed E-state index contributed by atoms with van der Waals surface area (Å²) >= 11 is 0. The Morgan fingerprint density at radius 1 is 1.09 bits per heavy atom. The fourth-order valence-electron chi connectivity index (χ4n) is 2.10. The summed E-state index contributed by atoms with van der Waals surface area (Å²) < 4.78 is 0. The summed E-state index contributed by atoms with van der Waals surface area (Å²) in [7, 11) is 0. The van der Waals surface area contributed by atoms with Gasteiger partial charge in [-0.05, 0) is 10.8 Å². The van der Waals surface area contributed by atoms with Crippen LogP contribution in [0, 0.1) is 10.8 Å². The predicted octanol–water partition coefficient (Wildman–Crippen LogP) is 3.27. The molecule has 0 saturated carbocycles. The van der Waals surface area contributed by atoms with E-state index in [0.29, 0.717) is 10.8 Å². The van der Waals surface area contributed by atoms with Crippen LogP contribution in [0.15, 0.2) is 12.6 Å². The molecule has 0 unspecified atom stereocenters. The molecule has 0 N–H and O–H groups in total. The van der Waals surface area contributed by atoms with E-state index in [4.69, 9.17) is 0 Å². The highest BCUT2D eigenvalue weighted by Gasteiger charge is 2.46. The van der Waals surface area contributed by atoms with Crippen molar-refractivity contribution in [1.82, 2.24) is 0 Å². The molecule has 1 saturated heterocycles. The normalized spacial score (nSPS) is 27.1. The van der Waals surface area contributed by atoms with Gasteiger partial charge in [0.05, 0.1) is 0 Å². The van der Waals surface area contributed by atoms with Gasteiger partial charge in [-0.3, -0.25) is 0 Å².